The van der Waals surface area contributed by atoms with Crippen LogP contribution in [0.5, 0.6) is 0 Å². The fraction of sp³-hybridized carbons (Fsp3) is 0.300. The van der Waals surface area contributed by atoms with Crippen LogP contribution in [0.3, 0.4) is 0 Å². The maximum Gasteiger partial charge on any atom is 0.340 e. The van der Waals surface area contributed by atoms with Gasteiger partial charge in [-0.1, -0.05) is 0 Å². The molecule has 0 saturated carbocycles. The minimum absolute atomic E-state index is 0.387. The lowest BCUT2D eigenvalue weighted by atomic mass is 10.1. The molecule has 0 unspecified atom stereocenters. The van der Waals surface area contributed by atoms with Crippen molar-refractivity contribution in [1.82, 2.24) is 0 Å². The number of benzene rings is 1. The Morgan fingerprint density at radius 1 is 1.50 bits per heavy atom. The predicted octanol–water partition coefficient (Wildman–Crippen LogP) is 2.09. The van der Waals surface area contributed by atoms with Crippen LogP contribution in [0.1, 0.15) is 15.9 Å². The van der Waals surface area contributed by atoms with Crippen LogP contribution in [0.15, 0.2) is 17.0 Å². The molecule has 0 fully saturated rings. The second kappa shape index (κ2) is 4.37. The molecule has 0 atom stereocenters. The van der Waals surface area contributed by atoms with Gasteiger partial charge in [0.1, 0.15) is 0 Å². The molecule has 0 aliphatic heterocycles. The molecule has 0 saturated heterocycles. The normalized spacial score (nSPS) is 9.93. The minimum atomic E-state index is -0.387. The van der Waals surface area contributed by atoms with Gasteiger partial charge in [-0.05, 0) is 30.9 Å². The lowest BCUT2D eigenvalue weighted by molar-refractivity contribution is 0.0601. The van der Waals surface area contributed by atoms with Crippen molar-refractivity contribution in [3.63, 3.8) is 0 Å². The SMILES string of the molecule is COC(=O)c1cc(SC)cc(C)c1N. The Morgan fingerprint density at radius 2 is 2.14 bits per heavy atom. The quantitative estimate of drug-likeness (QED) is 0.462. The fourth-order valence-corrected chi connectivity index (χ4v) is 1.69. The molecule has 1 aromatic rings. The summed E-state index contributed by atoms with van der Waals surface area (Å²) in [5, 5.41) is 0. The van der Waals surface area contributed by atoms with Crippen LogP contribution < -0.4 is 5.73 Å². The first-order valence-electron chi connectivity index (χ1n) is 4.12. The summed E-state index contributed by atoms with van der Waals surface area (Å²) in [7, 11) is 1.35. The second-order valence-corrected chi connectivity index (χ2v) is 3.78. The highest BCUT2D eigenvalue weighted by Crippen LogP contribution is 2.25. The molecule has 0 aliphatic carbocycles. The van der Waals surface area contributed by atoms with Crippen LogP contribution >= 0.6 is 11.8 Å². The van der Waals surface area contributed by atoms with E-state index in [2.05, 4.69) is 4.74 Å². The lowest BCUT2D eigenvalue weighted by Gasteiger charge is -2.08. The van der Waals surface area contributed by atoms with Gasteiger partial charge in [0.2, 0.25) is 0 Å². The van der Waals surface area contributed by atoms with Crippen LogP contribution in [-0.2, 0) is 4.74 Å². The Hall–Kier alpha value is -1.16. The summed E-state index contributed by atoms with van der Waals surface area (Å²) < 4.78 is 4.64. The van der Waals surface area contributed by atoms with Crippen molar-refractivity contribution in [2.24, 2.45) is 0 Å². The molecule has 0 spiro atoms. The molecule has 1 rings (SSSR count). The van der Waals surface area contributed by atoms with E-state index in [0.717, 1.165) is 10.5 Å². The van der Waals surface area contributed by atoms with Crippen LogP contribution in [0.2, 0.25) is 0 Å². The molecule has 76 valence electrons. The number of nitrogen functional groups attached to an aromatic ring is 1. The molecule has 0 radical (unpaired) electrons. The molecular weight excluding hydrogens is 198 g/mol. The average molecular weight is 211 g/mol. The van der Waals surface area contributed by atoms with E-state index >= 15 is 0 Å². The van der Waals surface area contributed by atoms with E-state index in [1.54, 1.807) is 17.8 Å². The van der Waals surface area contributed by atoms with Gasteiger partial charge in [-0.3, -0.25) is 0 Å². The van der Waals surface area contributed by atoms with Crippen molar-refractivity contribution in [1.29, 1.82) is 0 Å². The van der Waals surface area contributed by atoms with E-state index in [1.807, 2.05) is 19.2 Å². The maximum absolute atomic E-state index is 11.3. The van der Waals surface area contributed by atoms with Crippen molar-refractivity contribution < 1.29 is 9.53 Å². The van der Waals surface area contributed by atoms with E-state index in [1.165, 1.54) is 7.11 Å². The van der Waals surface area contributed by atoms with Crippen LogP contribution in [0.4, 0.5) is 5.69 Å². The zero-order valence-corrected chi connectivity index (χ0v) is 9.27. The van der Waals surface area contributed by atoms with Crippen LogP contribution in [0.25, 0.3) is 0 Å². The van der Waals surface area contributed by atoms with E-state index in [9.17, 15) is 4.79 Å². The number of hydrogen-bond donors (Lipinski definition) is 1. The number of hydrogen-bond acceptors (Lipinski definition) is 4. The molecule has 4 heteroatoms. The first-order chi connectivity index (χ1) is 6.60. The zero-order valence-electron chi connectivity index (χ0n) is 8.46. The van der Waals surface area contributed by atoms with Crippen molar-refractivity contribution in [3.8, 4) is 0 Å². The Bertz CT molecular complexity index is 363. The van der Waals surface area contributed by atoms with Crippen molar-refractivity contribution >= 4 is 23.4 Å². The van der Waals surface area contributed by atoms with E-state index in [-0.39, 0.29) is 5.97 Å². The van der Waals surface area contributed by atoms with Gasteiger partial charge in [-0.2, -0.15) is 0 Å². The summed E-state index contributed by atoms with van der Waals surface area (Å²) in [6.07, 6.45) is 1.95. The van der Waals surface area contributed by atoms with Gasteiger partial charge in [-0.15, -0.1) is 11.8 Å². The number of carbonyl (C=O) groups excluding carboxylic acids is 1. The van der Waals surface area contributed by atoms with Gasteiger partial charge in [0.25, 0.3) is 0 Å². The summed E-state index contributed by atoms with van der Waals surface area (Å²) in [6, 6.07) is 3.70. The second-order valence-electron chi connectivity index (χ2n) is 2.90. The first kappa shape index (κ1) is 10.9. The molecule has 1 aromatic carbocycles. The number of carbonyl (C=O) groups is 1. The van der Waals surface area contributed by atoms with Gasteiger partial charge in [-0.25, -0.2) is 4.79 Å². The largest absolute Gasteiger partial charge is 0.465 e. The number of methoxy groups -OCH3 is 1. The summed E-state index contributed by atoms with van der Waals surface area (Å²) in [5.41, 5.74) is 7.61. The fourth-order valence-electron chi connectivity index (χ4n) is 1.16. The lowest BCUT2D eigenvalue weighted by Crippen LogP contribution is -2.07. The van der Waals surface area contributed by atoms with Gasteiger partial charge in [0, 0.05) is 10.6 Å². The summed E-state index contributed by atoms with van der Waals surface area (Å²) in [4.78, 5) is 12.4. The van der Waals surface area contributed by atoms with Crippen molar-refractivity contribution in [2.75, 3.05) is 19.1 Å². The molecule has 3 nitrogen and oxygen atoms in total. The third kappa shape index (κ3) is 2.01. The molecule has 0 aliphatic rings. The monoisotopic (exact) mass is 211 g/mol. The average Bonchev–Trinajstić information content (AvgIpc) is 2.20. The topological polar surface area (TPSA) is 52.3 Å². The highest BCUT2D eigenvalue weighted by molar-refractivity contribution is 7.98. The summed E-state index contributed by atoms with van der Waals surface area (Å²) in [6.45, 7) is 1.88. The van der Waals surface area contributed by atoms with Gasteiger partial charge in [0.05, 0.1) is 12.7 Å². The number of anilines is 1. The molecular formula is C10H13NO2S. The molecule has 0 aromatic heterocycles. The highest BCUT2D eigenvalue weighted by Gasteiger charge is 2.12. The van der Waals surface area contributed by atoms with E-state index in [4.69, 9.17) is 5.73 Å². The predicted molar refractivity (Wildman–Crippen MR) is 58.7 cm³/mol. The molecule has 0 bridgehead atoms. The van der Waals surface area contributed by atoms with Crippen LogP contribution in [-0.4, -0.2) is 19.3 Å². The first-order valence-corrected chi connectivity index (χ1v) is 5.35. The van der Waals surface area contributed by atoms with E-state index < -0.39 is 0 Å². The van der Waals surface area contributed by atoms with Crippen molar-refractivity contribution in [2.45, 2.75) is 11.8 Å². The number of ether oxygens (including phenoxy) is 1. The Morgan fingerprint density at radius 3 is 2.64 bits per heavy atom. The zero-order chi connectivity index (χ0) is 10.7. The summed E-state index contributed by atoms with van der Waals surface area (Å²) in [5.74, 6) is -0.387. The van der Waals surface area contributed by atoms with E-state index in [0.29, 0.717) is 11.3 Å². The van der Waals surface area contributed by atoms with Crippen LogP contribution in [0, 0.1) is 6.92 Å². The molecule has 14 heavy (non-hydrogen) atoms. The molecule has 2 N–H and O–H groups in total. The molecule has 0 heterocycles. The number of nitrogens with two attached hydrogens (primary N) is 1. The number of rotatable bonds is 2. The molecule has 0 amide bonds. The van der Waals surface area contributed by atoms with Crippen molar-refractivity contribution in [3.05, 3.63) is 23.3 Å². The highest BCUT2D eigenvalue weighted by atomic mass is 32.2. The Balaban J connectivity index is 3.27. The Labute approximate surface area is 87.6 Å². The standard InChI is InChI=1S/C10H13NO2S/c1-6-4-7(14-3)5-8(9(6)11)10(12)13-2/h4-5H,11H2,1-3H3. The number of thioether (sulfide) groups is 1. The maximum atomic E-state index is 11.3. The number of esters is 1. The minimum Gasteiger partial charge on any atom is -0.465 e. The van der Waals surface area contributed by atoms with Gasteiger partial charge in [0.15, 0.2) is 0 Å². The Kier molecular flexibility index (Phi) is 3.41. The third-order valence-electron chi connectivity index (χ3n) is 2.00. The third-order valence-corrected chi connectivity index (χ3v) is 2.71. The smallest absolute Gasteiger partial charge is 0.340 e. The summed E-state index contributed by atoms with van der Waals surface area (Å²) >= 11 is 1.57. The number of aryl methyl sites for hydroxylation is 1. The van der Waals surface area contributed by atoms with Gasteiger partial charge < -0.3 is 10.5 Å². The van der Waals surface area contributed by atoms with Gasteiger partial charge >= 0.3 is 5.97 Å².